The van der Waals surface area contributed by atoms with Gasteiger partial charge in [-0.1, -0.05) is 28.9 Å². The first-order chi connectivity index (χ1) is 13.5. The maximum atomic E-state index is 11.3. The van der Waals surface area contributed by atoms with E-state index in [9.17, 15) is 9.90 Å². The molecule has 2 aromatic rings. The van der Waals surface area contributed by atoms with E-state index in [0.29, 0.717) is 24.1 Å². The standard InChI is InChI=1S/C21H23ClN2O4/c1-11-3-2-4-16(22)18(11)19-15(20(28-23-19)12-5-6-12)10-27-17-8-14-7-13(17)9-24(14)21(25)26/h2-4,12-14,17H,5-10H2,1H3,(H,25,26)/t13-,14-,17+/m0/s1. The lowest BCUT2D eigenvalue weighted by atomic mass is 10.00. The number of nitrogens with zero attached hydrogens (tertiary/aromatic N) is 2. The molecular formula is C21H23ClN2O4. The summed E-state index contributed by atoms with van der Waals surface area (Å²) in [6.45, 7) is 3.02. The van der Waals surface area contributed by atoms with Gasteiger partial charge in [-0.2, -0.15) is 0 Å². The Morgan fingerprint density at radius 1 is 1.39 bits per heavy atom. The van der Waals surface area contributed by atoms with Crippen molar-refractivity contribution in [2.45, 2.75) is 57.3 Å². The Bertz CT molecular complexity index is 903. The van der Waals surface area contributed by atoms with Gasteiger partial charge in [-0.25, -0.2) is 4.79 Å². The molecule has 28 heavy (non-hydrogen) atoms. The Hall–Kier alpha value is -2.05. The summed E-state index contributed by atoms with van der Waals surface area (Å²) in [5.74, 6) is 1.62. The van der Waals surface area contributed by atoms with Gasteiger partial charge in [0, 0.05) is 35.5 Å². The van der Waals surface area contributed by atoms with Gasteiger partial charge in [0.1, 0.15) is 11.5 Å². The zero-order valence-electron chi connectivity index (χ0n) is 15.7. The number of carboxylic acid groups (broad SMARTS) is 1. The fourth-order valence-corrected chi connectivity index (χ4v) is 5.10. The second-order valence-electron chi connectivity index (χ2n) is 8.25. The lowest BCUT2D eigenvalue weighted by molar-refractivity contribution is -0.00788. The molecular weight excluding hydrogens is 380 g/mol. The highest BCUT2D eigenvalue weighted by molar-refractivity contribution is 6.33. The highest BCUT2D eigenvalue weighted by Crippen LogP contribution is 2.46. The number of rotatable bonds is 5. The first kappa shape index (κ1) is 18.0. The van der Waals surface area contributed by atoms with Gasteiger partial charge in [-0.05, 0) is 44.2 Å². The smallest absolute Gasteiger partial charge is 0.407 e. The minimum atomic E-state index is -0.822. The number of halogens is 1. The molecule has 1 amide bonds. The monoisotopic (exact) mass is 402 g/mol. The first-order valence-electron chi connectivity index (χ1n) is 9.88. The molecule has 0 unspecified atom stereocenters. The third kappa shape index (κ3) is 2.99. The molecule has 148 valence electrons. The Balaban J connectivity index is 1.38. The van der Waals surface area contributed by atoms with E-state index in [1.165, 1.54) is 0 Å². The number of hydrogen-bond donors (Lipinski definition) is 1. The number of aryl methyl sites for hydroxylation is 1. The molecule has 3 atom stereocenters. The summed E-state index contributed by atoms with van der Waals surface area (Å²) in [6, 6.07) is 5.91. The number of amides is 1. The van der Waals surface area contributed by atoms with Crippen LogP contribution in [-0.4, -0.2) is 39.9 Å². The van der Waals surface area contributed by atoms with Gasteiger partial charge in [-0.15, -0.1) is 0 Å². The third-order valence-corrected chi connectivity index (χ3v) is 6.70. The molecule has 3 aliphatic rings. The number of carbonyl (C=O) groups is 1. The van der Waals surface area contributed by atoms with Crippen LogP contribution < -0.4 is 0 Å². The van der Waals surface area contributed by atoms with Crippen LogP contribution in [0.1, 0.15) is 48.5 Å². The molecule has 2 saturated carbocycles. The van der Waals surface area contributed by atoms with Crippen LogP contribution in [0.25, 0.3) is 11.3 Å². The Labute approximate surface area is 168 Å². The lowest BCUT2D eigenvalue weighted by Crippen LogP contribution is -2.41. The summed E-state index contributed by atoms with van der Waals surface area (Å²) < 4.78 is 12.0. The molecule has 3 fully saturated rings. The quantitative estimate of drug-likeness (QED) is 0.774. The zero-order chi connectivity index (χ0) is 19.4. The van der Waals surface area contributed by atoms with Crippen molar-refractivity contribution in [3.63, 3.8) is 0 Å². The lowest BCUT2D eigenvalue weighted by Gasteiger charge is -2.29. The minimum absolute atomic E-state index is 0.0859. The number of fused-ring (bicyclic) bond motifs is 2. The first-order valence-corrected chi connectivity index (χ1v) is 10.3. The SMILES string of the molecule is Cc1cccc(Cl)c1-c1noc(C2CC2)c1CO[C@@H]1C[C@@H]2C[C@H]1CN2C(=O)O. The second-order valence-corrected chi connectivity index (χ2v) is 8.66. The Morgan fingerprint density at radius 3 is 2.86 bits per heavy atom. The van der Waals surface area contributed by atoms with E-state index in [2.05, 4.69) is 5.16 Å². The number of piperidine rings is 1. The van der Waals surface area contributed by atoms with Gasteiger partial charge in [0.2, 0.25) is 0 Å². The van der Waals surface area contributed by atoms with Crippen molar-refractivity contribution < 1.29 is 19.2 Å². The molecule has 0 spiro atoms. The van der Waals surface area contributed by atoms with Crippen LogP contribution in [0.4, 0.5) is 4.79 Å². The highest BCUT2D eigenvalue weighted by Gasteiger charge is 2.47. The fraction of sp³-hybridized carbons (Fsp3) is 0.524. The molecule has 2 aliphatic carbocycles. The van der Waals surface area contributed by atoms with Crippen LogP contribution >= 0.6 is 11.6 Å². The molecule has 0 radical (unpaired) electrons. The Morgan fingerprint density at radius 2 is 2.21 bits per heavy atom. The van der Waals surface area contributed by atoms with Crippen molar-refractivity contribution in [1.82, 2.24) is 10.1 Å². The van der Waals surface area contributed by atoms with Gasteiger partial charge in [0.25, 0.3) is 0 Å². The van der Waals surface area contributed by atoms with Gasteiger partial charge < -0.3 is 19.3 Å². The van der Waals surface area contributed by atoms with E-state index in [1.54, 1.807) is 4.90 Å². The molecule has 5 rings (SSSR count). The van der Waals surface area contributed by atoms with Crippen molar-refractivity contribution >= 4 is 17.7 Å². The maximum Gasteiger partial charge on any atom is 0.407 e. The van der Waals surface area contributed by atoms with Crippen molar-refractivity contribution in [3.8, 4) is 11.3 Å². The van der Waals surface area contributed by atoms with Gasteiger partial charge in [0.15, 0.2) is 0 Å². The van der Waals surface area contributed by atoms with Crippen LogP contribution in [0.3, 0.4) is 0 Å². The summed E-state index contributed by atoms with van der Waals surface area (Å²) in [7, 11) is 0. The van der Waals surface area contributed by atoms with E-state index in [-0.39, 0.29) is 18.1 Å². The number of ether oxygens (including phenoxy) is 1. The van der Waals surface area contributed by atoms with Crippen molar-refractivity contribution in [2.75, 3.05) is 6.54 Å². The topological polar surface area (TPSA) is 75.8 Å². The third-order valence-electron chi connectivity index (χ3n) is 6.39. The Kier molecular flexibility index (Phi) is 4.36. The van der Waals surface area contributed by atoms with E-state index in [0.717, 1.165) is 53.8 Å². The van der Waals surface area contributed by atoms with Gasteiger partial charge in [0.05, 0.1) is 17.7 Å². The molecule has 6 nitrogen and oxygen atoms in total. The molecule has 7 heteroatoms. The molecule has 2 bridgehead atoms. The van der Waals surface area contributed by atoms with Crippen LogP contribution in [-0.2, 0) is 11.3 Å². The summed E-state index contributed by atoms with van der Waals surface area (Å²) in [4.78, 5) is 12.8. The number of aromatic nitrogens is 1. The predicted molar refractivity (Wildman–Crippen MR) is 103 cm³/mol. The zero-order valence-corrected chi connectivity index (χ0v) is 16.5. The minimum Gasteiger partial charge on any atom is -0.465 e. The average Bonchev–Trinajstić information content (AvgIpc) is 3.11. The summed E-state index contributed by atoms with van der Waals surface area (Å²) in [5.41, 5.74) is 3.74. The summed E-state index contributed by atoms with van der Waals surface area (Å²) in [6.07, 6.45) is 3.16. The number of likely N-dealkylation sites (tertiary alicyclic amines) is 1. The summed E-state index contributed by atoms with van der Waals surface area (Å²) in [5, 5.41) is 14.3. The predicted octanol–water partition coefficient (Wildman–Crippen LogP) is 4.84. The van der Waals surface area contributed by atoms with E-state index < -0.39 is 6.09 Å². The van der Waals surface area contributed by atoms with E-state index in [4.69, 9.17) is 20.9 Å². The number of hydrogen-bond acceptors (Lipinski definition) is 4. The molecule has 1 aromatic carbocycles. The summed E-state index contributed by atoms with van der Waals surface area (Å²) >= 11 is 6.48. The second kappa shape index (κ2) is 6.78. The molecule has 1 aliphatic heterocycles. The molecule has 1 N–H and O–H groups in total. The maximum absolute atomic E-state index is 11.3. The van der Waals surface area contributed by atoms with Crippen molar-refractivity contribution in [2.24, 2.45) is 5.92 Å². The van der Waals surface area contributed by atoms with Gasteiger partial charge in [-0.3, -0.25) is 0 Å². The van der Waals surface area contributed by atoms with E-state index >= 15 is 0 Å². The fourth-order valence-electron chi connectivity index (χ4n) is 4.79. The van der Waals surface area contributed by atoms with Crippen LogP contribution in [0.2, 0.25) is 5.02 Å². The highest BCUT2D eigenvalue weighted by atomic mass is 35.5. The van der Waals surface area contributed by atoms with Crippen LogP contribution in [0.15, 0.2) is 22.7 Å². The van der Waals surface area contributed by atoms with Crippen molar-refractivity contribution in [3.05, 3.63) is 40.1 Å². The molecule has 1 saturated heterocycles. The van der Waals surface area contributed by atoms with E-state index in [1.807, 2.05) is 25.1 Å². The average molecular weight is 403 g/mol. The molecule has 2 heterocycles. The van der Waals surface area contributed by atoms with Gasteiger partial charge >= 0.3 is 6.09 Å². The largest absolute Gasteiger partial charge is 0.465 e. The van der Waals surface area contributed by atoms with Crippen molar-refractivity contribution in [1.29, 1.82) is 0 Å². The normalized spacial score (nSPS) is 26.2. The molecule has 1 aromatic heterocycles. The number of benzene rings is 1. The van der Waals surface area contributed by atoms with Crippen LogP contribution in [0.5, 0.6) is 0 Å². The van der Waals surface area contributed by atoms with Crippen LogP contribution in [0, 0.1) is 12.8 Å².